The van der Waals surface area contributed by atoms with Gasteiger partial charge in [0.25, 0.3) is 0 Å². The normalized spacial score (nSPS) is 10.0. The van der Waals surface area contributed by atoms with Crippen molar-refractivity contribution >= 4 is 56.7 Å². The SMILES string of the molecule is CCNCCCNCc1ccc(-c2ccc(Br)cc2Br)o1.Cl.Cl. The highest BCUT2D eigenvalue weighted by Gasteiger charge is 2.08. The van der Waals surface area contributed by atoms with Gasteiger partial charge in [0.2, 0.25) is 0 Å². The summed E-state index contributed by atoms with van der Waals surface area (Å²) >= 11 is 7.03. The van der Waals surface area contributed by atoms with Gasteiger partial charge in [-0.05, 0) is 72.3 Å². The lowest BCUT2D eigenvalue weighted by Crippen LogP contribution is -2.21. The summed E-state index contributed by atoms with van der Waals surface area (Å²) in [7, 11) is 0. The third-order valence-corrected chi connectivity index (χ3v) is 4.26. The molecule has 0 amide bonds. The summed E-state index contributed by atoms with van der Waals surface area (Å²) in [5, 5.41) is 6.71. The third kappa shape index (κ3) is 7.59. The molecule has 1 heterocycles. The van der Waals surface area contributed by atoms with E-state index in [0.717, 1.165) is 58.6 Å². The molecule has 23 heavy (non-hydrogen) atoms. The summed E-state index contributed by atoms with van der Waals surface area (Å²) in [4.78, 5) is 0. The molecule has 7 heteroatoms. The molecule has 2 aromatic rings. The van der Waals surface area contributed by atoms with Gasteiger partial charge in [-0.3, -0.25) is 0 Å². The average molecular weight is 489 g/mol. The first kappa shape index (κ1) is 23.0. The zero-order valence-corrected chi connectivity index (χ0v) is 17.7. The van der Waals surface area contributed by atoms with Crippen LogP contribution in [0.5, 0.6) is 0 Å². The molecule has 0 saturated heterocycles. The number of hydrogen-bond acceptors (Lipinski definition) is 3. The highest BCUT2D eigenvalue weighted by molar-refractivity contribution is 9.11. The maximum absolute atomic E-state index is 5.89. The highest BCUT2D eigenvalue weighted by Crippen LogP contribution is 2.31. The van der Waals surface area contributed by atoms with E-state index in [1.807, 2.05) is 30.3 Å². The summed E-state index contributed by atoms with van der Waals surface area (Å²) in [6, 6.07) is 10.1. The lowest BCUT2D eigenvalue weighted by atomic mass is 10.2. The van der Waals surface area contributed by atoms with Crippen LogP contribution < -0.4 is 10.6 Å². The van der Waals surface area contributed by atoms with Crippen LogP contribution in [-0.2, 0) is 6.54 Å². The molecule has 0 atom stereocenters. The van der Waals surface area contributed by atoms with Gasteiger partial charge in [0.15, 0.2) is 0 Å². The van der Waals surface area contributed by atoms with Gasteiger partial charge in [0.1, 0.15) is 11.5 Å². The van der Waals surface area contributed by atoms with Crippen molar-refractivity contribution in [2.75, 3.05) is 19.6 Å². The Labute approximate surface area is 167 Å². The lowest BCUT2D eigenvalue weighted by molar-refractivity contribution is 0.488. The Kier molecular flexibility index (Phi) is 12.3. The minimum absolute atomic E-state index is 0. The molecular formula is C16H22Br2Cl2N2O. The Hall–Kier alpha value is -0.0400. The van der Waals surface area contributed by atoms with Crippen LogP contribution in [0.15, 0.2) is 43.7 Å². The first-order valence-electron chi connectivity index (χ1n) is 7.16. The number of benzene rings is 1. The Bertz CT molecular complexity index is 579. The second kappa shape index (κ2) is 12.3. The number of halogens is 4. The predicted molar refractivity (Wildman–Crippen MR) is 109 cm³/mol. The fourth-order valence-corrected chi connectivity index (χ4v) is 3.28. The Balaban J connectivity index is 0.00000242. The number of nitrogens with one attached hydrogen (secondary N) is 2. The van der Waals surface area contributed by atoms with Crippen LogP contribution >= 0.6 is 56.7 Å². The molecule has 2 rings (SSSR count). The Morgan fingerprint density at radius 1 is 1.00 bits per heavy atom. The van der Waals surface area contributed by atoms with Crippen LogP contribution in [0.1, 0.15) is 19.1 Å². The van der Waals surface area contributed by atoms with Gasteiger partial charge in [-0.2, -0.15) is 0 Å². The van der Waals surface area contributed by atoms with E-state index < -0.39 is 0 Å². The minimum Gasteiger partial charge on any atom is -0.460 e. The van der Waals surface area contributed by atoms with E-state index in [1.54, 1.807) is 0 Å². The molecule has 0 bridgehead atoms. The second-order valence-corrected chi connectivity index (χ2v) is 6.54. The molecular weight excluding hydrogens is 467 g/mol. The third-order valence-electron chi connectivity index (χ3n) is 3.11. The molecule has 0 fully saturated rings. The van der Waals surface area contributed by atoms with Crippen LogP contribution in [0.25, 0.3) is 11.3 Å². The molecule has 2 N–H and O–H groups in total. The largest absolute Gasteiger partial charge is 0.460 e. The number of hydrogen-bond donors (Lipinski definition) is 2. The molecule has 0 unspecified atom stereocenters. The molecule has 0 aliphatic heterocycles. The van der Waals surface area contributed by atoms with Crippen LogP contribution in [-0.4, -0.2) is 19.6 Å². The summed E-state index contributed by atoms with van der Waals surface area (Å²) in [5.74, 6) is 1.85. The van der Waals surface area contributed by atoms with Crippen molar-refractivity contribution in [1.29, 1.82) is 0 Å². The average Bonchev–Trinajstić information content (AvgIpc) is 2.91. The fraction of sp³-hybridized carbons (Fsp3) is 0.375. The van der Waals surface area contributed by atoms with Crippen LogP contribution in [0.2, 0.25) is 0 Å². The number of rotatable bonds is 8. The fourth-order valence-electron chi connectivity index (χ4n) is 2.03. The molecule has 0 aliphatic carbocycles. The van der Waals surface area contributed by atoms with E-state index >= 15 is 0 Å². The maximum atomic E-state index is 5.89. The molecule has 0 spiro atoms. The van der Waals surface area contributed by atoms with Gasteiger partial charge in [0.05, 0.1) is 6.54 Å². The highest BCUT2D eigenvalue weighted by atomic mass is 79.9. The zero-order valence-electron chi connectivity index (χ0n) is 12.9. The van der Waals surface area contributed by atoms with Crippen molar-refractivity contribution in [1.82, 2.24) is 10.6 Å². The van der Waals surface area contributed by atoms with E-state index in [2.05, 4.69) is 49.4 Å². The molecule has 1 aromatic carbocycles. The van der Waals surface area contributed by atoms with E-state index in [9.17, 15) is 0 Å². The first-order chi connectivity index (χ1) is 10.2. The van der Waals surface area contributed by atoms with Crippen molar-refractivity contribution in [2.45, 2.75) is 19.9 Å². The van der Waals surface area contributed by atoms with Gasteiger partial charge in [-0.15, -0.1) is 24.8 Å². The van der Waals surface area contributed by atoms with E-state index in [-0.39, 0.29) is 24.8 Å². The second-order valence-electron chi connectivity index (χ2n) is 4.77. The summed E-state index contributed by atoms with van der Waals surface area (Å²) in [5.41, 5.74) is 1.07. The summed E-state index contributed by atoms with van der Waals surface area (Å²) in [6.07, 6.45) is 1.12. The molecule has 130 valence electrons. The molecule has 0 saturated carbocycles. The van der Waals surface area contributed by atoms with Gasteiger partial charge in [-0.1, -0.05) is 22.9 Å². The number of furan rings is 1. The smallest absolute Gasteiger partial charge is 0.135 e. The van der Waals surface area contributed by atoms with Crippen molar-refractivity contribution < 1.29 is 4.42 Å². The monoisotopic (exact) mass is 486 g/mol. The quantitative estimate of drug-likeness (QED) is 0.488. The minimum atomic E-state index is 0. The van der Waals surface area contributed by atoms with Gasteiger partial charge in [-0.25, -0.2) is 0 Å². The predicted octanol–water partition coefficient (Wildman–Crippen LogP) is 5.40. The molecule has 3 nitrogen and oxygen atoms in total. The Morgan fingerprint density at radius 2 is 1.74 bits per heavy atom. The van der Waals surface area contributed by atoms with Crippen molar-refractivity contribution in [3.63, 3.8) is 0 Å². The van der Waals surface area contributed by atoms with E-state index in [1.165, 1.54) is 0 Å². The first-order valence-corrected chi connectivity index (χ1v) is 8.75. The molecule has 0 radical (unpaired) electrons. The van der Waals surface area contributed by atoms with Crippen LogP contribution in [0, 0.1) is 0 Å². The zero-order chi connectivity index (χ0) is 15.1. The van der Waals surface area contributed by atoms with E-state index in [4.69, 9.17) is 4.42 Å². The van der Waals surface area contributed by atoms with Gasteiger partial charge >= 0.3 is 0 Å². The van der Waals surface area contributed by atoms with Gasteiger partial charge in [0, 0.05) is 14.5 Å². The molecule has 1 aromatic heterocycles. The van der Waals surface area contributed by atoms with Gasteiger partial charge < -0.3 is 15.1 Å². The van der Waals surface area contributed by atoms with Crippen LogP contribution in [0.4, 0.5) is 0 Å². The summed E-state index contributed by atoms with van der Waals surface area (Å²) in [6.45, 7) is 5.96. The van der Waals surface area contributed by atoms with Crippen molar-refractivity contribution in [2.24, 2.45) is 0 Å². The topological polar surface area (TPSA) is 37.2 Å². The molecule has 0 aliphatic rings. The van der Waals surface area contributed by atoms with Crippen molar-refractivity contribution in [3.05, 3.63) is 45.0 Å². The van der Waals surface area contributed by atoms with Crippen molar-refractivity contribution in [3.8, 4) is 11.3 Å². The maximum Gasteiger partial charge on any atom is 0.135 e. The summed E-state index contributed by atoms with van der Waals surface area (Å²) < 4.78 is 7.97. The Morgan fingerprint density at radius 3 is 2.43 bits per heavy atom. The lowest BCUT2D eigenvalue weighted by Gasteiger charge is -2.04. The standard InChI is InChI=1S/C16H20Br2N2O.2ClH/c1-2-19-8-3-9-20-11-13-5-7-16(21-13)14-6-4-12(17)10-15(14)18;;/h4-7,10,19-20H,2-3,8-9,11H2,1H3;2*1H. The van der Waals surface area contributed by atoms with E-state index in [0.29, 0.717) is 0 Å². The van der Waals surface area contributed by atoms with Crippen LogP contribution in [0.3, 0.4) is 0 Å².